The number of likely N-dealkylation sites (tertiary alicyclic amines) is 1. The zero-order valence-corrected chi connectivity index (χ0v) is 15.7. The summed E-state index contributed by atoms with van der Waals surface area (Å²) in [5, 5.41) is 3.01. The van der Waals surface area contributed by atoms with Gasteiger partial charge in [-0.2, -0.15) is 0 Å². The fourth-order valence-electron chi connectivity index (χ4n) is 3.26. The Hall–Kier alpha value is -2.24. The first-order valence-corrected chi connectivity index (χ1v) is 8.74. The van der Waals surface area contributed by atoms with Gasteiger partial charge in [-0.25, -0.2) is 0 Å². The molecule has 1 saturated heterocycles. The molecule has 0 saturated carbocycles. The number of ether oxygens (including phenoxy) is 1. The maximum atomic E-state index is 12.2. The van der Waals surface area contributed by atoms with Gasteiger partial charge in [-0.15, -0.1) is 0 Å². The van der Waals surface area contributed by atoms with Crippen LogP contribution in [0.15, 0.2) is 53.2 Å². The molecule has 1 aromatic heterocycles. The van der Waals surface area contributed by atoms with Crippen LogP contribution in [0, 0.1) is 0 Å². The van der Waals surface area contributed by atoms with Crippen LogP contribution in [0.3, 0.4) is 0 Å². The number of carbonyl (C=O) groups is 1. The maximum absolute atomic E-state index is 12.2. The van der Waals surface area contributed by atoms with E-state index in [9.17, 15) is 4.79 Å². The third kappa shape index (κ3) is 5.38. The van der Waals surface area contributed by atoms with Gasteiger partial charge in [0.2, 0.25) is 5.91 Å². The largest absolute Gasteiger partial charge is 1.00 e. The predicted octanol–water partition coefficient (Wildman–Crippen LogP) is -1.16. The second kappa shape index (κ2) is 10.0. The van der Waals surface area contributed by atoms with E-state index in [0.29, 0.717) is 6.54 Å². The van der Waals surface area contributed by atoms with Crippen LogP contribution >= 0.6 is 0 Å². The number of quaternary nitrogens is 1. The number of amides is 1. The number of hydrogen-bond acceptors (Lipinski definition) is 3. The van der Waals surface area contributed by atoms with Crippen molar-refractivity contribution in [2.24, 2.45) is 0 Å². The molecule has 2 aromatic rings. The Morgan fingerprint density at radius 1 is 1.27 bits per heavy atom. The molecule has 1 unspecified atom stereocenters. The number of nitrogens with one attached hydrogen (secondary N) is 2. The number of methoxy groups -OCH3 is 1. The van der Waals surface area contributed by atoms with Gasteiger partial charge in [0.15, 0.2) is 11.8 Å². The van der Waals surface area contributed by atoms with E-state index < -0.39 is 0 Å². The third-order valence-electron chi connectivity index (χ3n) is 4.65. The molecule has 140 valence electrons. The van der Waals surface area contributed by atoms with Crippen molar-refractivity contribution in [1.82, 2.24) is 5.32 Å². The van der Waals surface area contributed by atoms with Crippen molar-refractivity contribution in [3.05, 3.63) is 60.1 Å². The molecule has 26 heavy (non-hydrogen) atoms. The van der Waals surface area contributed by atoms with Gasteiger partial charge in [-0.05, 0) is 35.9 Å². The third-order valence-corrected chi connectivity index (χ3v) is 4.65. The second-order valence-corrected chi connectivity index (χ2v) is 6.29. The van der Waals surface area contributed by atoms with Crippen molar-refractivity contribution in [2.45, 2.75) is 18.9 Å². The molecule has 1 amide bonds. The fraction of sp³-hybridized carbons (Fsp3) is 0.350. The Morgan fingerprint density at radius 2 is 2.00 bits per heavy atom. The maximum Gasteiger partial charge on any atom is 0.244 e. The molecule has 2 N–H and O–H groups in total. The highest BCUT2D eigenvalue weighted by Gasteiger charge is 2.29. The molecule has 0 bridgehead atoms. The Balaban J connectivity index is 0.00000243. The molecule has 1 aliphatic heterocycles. The topological polar surface area (TPSA) is 55.9 Å². The van der Waals surface area contributed by atoms with Crippen LogP contribution in [-0.4, -0.2) is 32.7 Å². The monoisotopic (exact) mass is 376 g/mol. The van der Waals surface area contributed by atoms with Gasteiger partial charge in [0.05, 0.1) is 33.0 Å². The van der Waals surface area contributed by atoms with E-state index in [4.69, 9.17) is 9.15 Å². The average Bonchev–Trinajstić information content (AvgIpc) is 3.35. The highest BCUT2D eigenvalue weighted by molar-refractivity contribution is 5.91. The number of benzene rings is 1. The molecule has 5 nitrogen and oxygen atoms in total. The Morgan fingerprint density at radius 3 is 2.62 bits per heavy atom. The second-order valence-electron chi connectivity index (χ2n) is 6.29. The van der Waals surface area contributed by atoms with Crippen molar-refractivity contribution in [3.8, 4) is 5.75 Å². The lowest BCUT2D eigenvalue weighted by molar-refractivity contribution is -0.919. The number of hydrogen-bond donors (Lipinski definition) is 2. The van der Waals surface area contributed by atoms with Crippen molar-refractivity contribution in [1.29, 1.82) is 0 Å². The molecule has 2 heterocycles. The van der Waals surface area contributed by atoms with Gasteiger partial charge < -0.3 is 31.8 Å². The lowest BCUT2D eigenvalue weighted by Crippen LogP contribution is -3.11. The minimum Gasteiger partial charge on any atom is -1.00 e. The molecule has 0 spiro atoms. The Bertz CT molecular complexity index is 692. The van der Waals surface area contributed by atoms with Gasteiger partial charge in [-0.3, -0.25) is 4.79 Å². The lowest BCUT2D eigenvalue weighted by atomic mass is 10.2. The van der Waals surface area contributed by atoms with E-state index in [1.54, 1.807) is 25.5 Å². The van der Waals surface area contributed by atoms with Crippen molar-refractivity contribution < 1.29 is 31.3 Å². The molecule has 1 aliphatic rings. The summed E-state index contributed by atoms with van der Waals surface area (Å²) in [6.45, 7) is 2.83. The van der Waals surface area contributed by atoms with Crippen LogP contribution in [0.1, 0.15) is 30.2 Å². The van der Waals surface area contributed by atoms with E-state index in [1.807, 2.05) is 36.4 Å². The predicted molar refractivity (Wildman–Crippen MR) is 96.4 cm³/mol. The van der Waals surface area contributed by atoms with Gasteiger partial charge in [0.1, 0.15) is 5.75 Å². The zero-order chi connectivity index (χ0) is 17.5. The van der Waals surface area contributed by atoms with E-state index in [-0.39, 0.29) is 24.4 Å². The first kappa shape index (κ1) is 20.1. The molecule has 0 radical (unpaired) electrons. The zero-order valence-electron chi connectivity index (χ0n) is 14.9. The van der Waals surface area contributed by atoms with E-state index >= 15 is 0 Å². The van der Waals surface area contributed by atoms with Crippen molar-refractivity contribution in [2.75, 3.05) is 26.7 Å². The summed E-state index contributed by atoms with van der Waals surface area (Å²) in [5.41, 5.74) is 0.962. The van der Waals surface area contributed by atoms with Crippen LogP contribution in [0.2, 0.25) is 0 Å². The van der Waals surface area contributed by atoms with Crippen LogP contribution in [0.5, 0.6) is 5.75 Å². The van der Waals surface area contributed by atoms with Crippen molar-refractivity contribution in [3.63, 3.8) is 0 Å². The highest BCUT2D eigenvalue weighted by atomic mass is 35.5. The summed E-state index contributed by atoms with van der Waals surface area (Å²) in [7, 11) is 1.64. The summed E-state index contributed by atoms with van der Waals surface area (Å²) in [6.07, 6.45) is 7.54. The lowest BCUT2D eigenvalue weighted by Gasteiger charge is -2.22. The van der Waals surface area contributed by atoms with Crippen molar-refractivity contribution >= 4 is 12.0 Å². The molecule has 1 atom stereocenters. The van der Waals surface area contributed by atoms with Crippen LogP contribution in [0.25, 0.3) is 6.08 Å². The Labute approximate surface area is 160 Å². The minimum atomic E-state index is -0.0917. The molecule has 0 aliphatic carbocycles. The summed E-state index contributed by atoms with van der Waals surface area (Å²) < 4.78 is 10.7. The van der Waals surface area contributed by atoms with E-state index in [1.165, 1.54) is 17.7 Å². The Kier molecular flexibility index (Phi) is 7.75. The number of rotatable bonds is 7. The number of halogens is 1. The molecule has 6 heteroatoms. The fourth-order valence-corrected chi connectivity index (χ4v) is 3.26. The SMILES string of the molecule is COc1ccc(/C=C/C(=O)NCC(c2ccco2)[NH+]2CCCC2)cc1.[Cl-]. The molecular formula is C20H25ClN2O3. The van der Waals surface area contributed by atoms with Gasteiger partial charge in [0, 0.05) is 18.9 Å². The van der Waals surface area contributed by atoms with Crippen LogP contribution < -0.4 is 27.4 Å². The van der Waals surface area contributed by atoms with Gasteiger partial charge in [0.25, 0.3) is 0 Å². The first-order chi connectivity index (χ1) is 12.3. The summed E-state index contributed by atoms with van der Waals surface area (Å²) in [4.78, 5) is 13.6. The summed E-state index contributed by atoms with van der Waals surface area (Å²) in [6, 6.07) is 11.7. The summed E-state index contributed by atoms with van der Waals surface area (Å²) in [5.74, 6) is 1.65. The van der Waals surface area contributed by atoms with E-state index in [2.05, 4.69) is 5.32 Å². The minimum absolute atomic E-state index is 0. The van der Waals surface area contributed by atoms with Crippen LogP contribution in [-0.2, 0) is 4.79 Å². The quantitative estimate of drug-likeness (QED) is 0.600. The van der Waals surface area contributed by atoms with Crippen LogP contribution in [0.4, 0.5) is 0 Å². The normalized spacial score (nSPS) is 15.6. The molecule has 1 fully saturated rings. The standard InChI is InChI=1S/C20H24N2O3.ClH/c1-24-17-9-6-16(7-10-17)8-11-20(23)21-15-18(19-5-4-14-25-19)22-12-2-3-13-22;/h4-11,14,18H,2-3,12-13,15H2,1H3,(H,21,23);1H/b11-8+;. The van der Waals surface area contributed by atoms with E-state index in [0.717, 1.165) is 30.2 Å². The molecule has 3 rings (SSSR count). The summed E-state index contributed by atoms with van der Waals surface area (Å²) >= 11 is 0. The van der Waals surface area contributed by atoms with Gasteiger partial charge >= 0.3 is 0 Å². The first-order valence-electron chi connectivity index (χ1n) is 8.74. The highest BCUT2D eigenvalue weighted by Crippen LogP contribution is 2.13. The number of carbonyl (C=O) groups excluding carboxylic acids is 1. The number of furan rings is 1. The molecule has 1 aromatic carbocycles. The average molecular weight is 377 g/mol. The molecular weight excluding hydrogens is 352 g/mol. The smallest absolute Gasteiger partial charge is 0.244 e. The van der Waals surface area contributed by atoms with Gasteiger partial charge in [-0.1, -0.05) is 12.1 Å².